The highest BCUT2D eigenvalue weighted by molar-refractivity contribution is 5.86. The number of likely N-dealkylation sites (tertiary alicyclic amines) is 1. The van der Waals surface area contributed by atoms with Crippen LogP contribution in [-0.2, 0) is 4.79 Å². The summed E-state index contributed by atoms with van der Waals surface area (Å²) in [7, 11) is 0. The van der Waals surface area contributed by atoms with E-state index < -0.39 is 0 Å². The zero-order valence-electron chi connectivity index (χ0n) is 10.2. The van der Waals surface area contributed by atoms with Crippen LogP contribution in [0.1, 0.15) is 47.5 Å². The summed E-state index contributed by atoms with van der Waals surface area (Å²) in [6.45, 7) is 12.8. The number of hydrogen-bond acceptors (Lipinski definition) is 2. The molecule has 0 N–H and O–H groups in total. The lowest BCUT2D eigenvalue weighted by molar-refractivity contribution is -0.144. The van der Waals surface area contributed by atoms with E-state index in [1.165, 1.54) is 0 Å². The first-order chi connectivity index (χ1) is 6.40. The zero-order chi connectivity index (χ0) is 11.0. The van der Waals surface area contributed by atoms with Gasteiger partial charge >= 0.3 is 0 Å². The summed E-state index contributed by atoms with van der Waals surface area (Å²) in [4.78, 5) is 14.4. The third-order valence-corrected chi connectivity index (χ3v) is 4.42. The molecule has 1 heterocycles. The molecule has 0 radical (unpaired) electrons. The van der Waals surface area contributed by atoms with Crippen LogP contribution < -0.4 is 0 Å². The number of rotatable bonds is 2. The SMILES string of the molecule is CCN1CCC(=O)C(C)(C)C1(C)CC. The Balaban J connectivity index is 3.06. The minimum Gasteiger partial charge on any atom is -0.299 e. The monoisotopic (exact) mass is 197 g/mol. The van der Waals surface area contributed by atoms with Crippen molar-refractivity contribution in [3.8, 4) is 0 Å². The maximum Gasteiger partial charge on any atom is 0.141 e. The van der Waals surface area contributed by atoms with Crippen LogP contribution in [0, 0.1) is 5.41 Å². The molecule has 0 aromatic heterocycles. The number of ketones is 1. The molecule has 0 amide bonds. The first-order valence-corrected chi connectivity index (χ1v) is 5.68. The van der Waals surface area contributed by atoms with Gasteiger partial charge in [0.15, 0.2) is 0 Å². The maximum absolute atomic E-state index is 11.9. The summed E-state index contributed by atoms with van der Waals surface area (Å²) in [6.07, 6.45) is 1.76. The van der Waals surface area contributed by atoms with Gasteiger partial charge in [-0.3, -0.25) is 9.69 Å². The number of carbonyl (C=O) groups excluding carboxylic acids is 1. The molecule has 1 rings (SSSR count). The van der Waals surface area contributed by atoms with E-state index in [9.17, 15) is 4.79 Å². The number of hydrogen-bond donors (Lipinski definition) is 0. The van der Waals surface area contributed by atoms with Crippen LogP contribution in [-0.4, -0.2) is 29.3 Å². The molecule has 0 saturated carbocycles. The van der Waals surface area contributed by atoms with Crippen molar-refractivity contribution in [1.29, 1.82) is 0 Å². The number of piperidine rings is 1. The highest BCUT2D eigenvalue weighted by Crippen LogP contribution is 2.43. The summed E-state index contributed by atoms with van der Waals surface area (Å²) in [5.41, 5.74) is -0.160. The van der Waals surface area contributed by atoms with Crippen LogP contribution in [0.2, 0.25) is 0 Å². The highest BCUT2D eigenvalue weighted by Gasteiger charge is 2.50. The van der Waals surface area contributed by atoms with Gasteiger partial charge in [-0.15, -0.1) is 0 Å². The molecule has 2 heteroatoms. The molecular weight excluding hydrogens is 174 g/mol. The van der Waals surface area contributed by atoms with Crippen molar-refractivity contribution in [3.05, 3.63) is 0 Å². The Bertz CT molecular complexity index is 234. The lowest BCUT2D eigenvalue weighted by Crippen LogP contribution is -2.62. The standard InChI is InChI=1S/C12H23NO/c1-6-12(5)11(3,4)10(14)8-9-13(12)7-2/h6-9H2,1-5H3. The third kappa shape index (κ3) is 1.40. The molecule has 0 aromatic carbocycles. The Labute approximate surface area is 87.7 Å². The molecule has 1 aliphatic heterocycles. The molecule has 0 bridgehead atoms. The van der Waals surface area contributed by atoms with Gasteiger partial charge < -0.3 is 0 Å². The predicted molar refractivity (Wildman–Crippen MR) is 59.3 cm³/mol. The van der Waals surface area contributed by atoms with Crippen LogP contribution in [0.25, 0.3) is 0 Å². The number of Topliss-reactive ketones (excluding diaryl/α,β-unsaturated/α-hetero) is 1. The first-order valence-electron chi connectivity index (χ1n) is 5.68. The normalized spacial score (nSPS) is 33.4. The fourth-order valence-corrected chi connectivity index (χ4v) is 2.66. The topological polar surface area (TPSA) is 20.3 Å². The van der Waals surface area contributed by atoms with E-state index in [1.54, 1.807) is 0 Å². The molecule has 0 aromatic rings. The van der Waals surface area contributed by atoms with E-state index in [2.05, 4.69) is 39.5 Å². The van der Waals surface area contributed by atoms with Gasteiger partial charge in [0.05, 0.1) is 0 Å². The summed E-state index contributed by atoms with van der Waals surface area (Å²) in [5.74, 6) is 0.423. The summed E-state index contributed by atoms with van der Waals surface area (Å²) >= 11 is 0. The Hall–Kier alpha value is -0.370. The molecule has 1 atom stereocenters. The van der Waals surface area contributed by atoms with Crippen molar-refractivity contribution in [3.63, 3.8) is 0 Å². The number of carbonyl (C=O) groups is 1. The van der Waals surface area contributed by atoms with Crippen molar-refractivity contribution in [1.82, 2.24) is 4.90 Å². The first kappa shape index (κ1) is 11.7. The molecule has 1 aliphatic rings. The lowest BCUT2D eigenvalue weighted by atomic mass is 9.65. The predicted octanol–water partition coefficient (Wildman–Crippen LogP) is 2.48. The summed E-state index contributed by atoms with van der Waals surface area (Å²) in [5, 5.41) is 0. The second-order valence-electron chi connectivity index (χ2n) is 5.01. The van der Waals surface area contributed by atoms with Crippen molar-refractivity contribution in [2.24, 2.45) is 5.41 Å². The minimum atomic E-state index is -0.198. The fourth-order valence-electron chi connectivity index (χ4n) is 2.66. The lowest BCUT2D eigenvalue weighted by Gasteiger charge is -2.53. The second kappa shape index (κ2) is 3.65. The summed E-state index contributed by atoms with van der Waals surface area (Å²) < 4.78 is 0. The van der Waals surface area contributed by atoms with E-state index in [4.69, 9.17) is 0 Å². The van der Waals surface area contributed by atoms with Gasteiger partial charge in [-0.05, 0) is 19.9 Å². The van der Waals surface area contributed by atoms with E-state index in [0.717, 1.165) is 25.9 Å². The Morgan fingerprint density at radius 3 is 2.29 bits per heavy atom. The second-order valence-corrected chi connectivity index (χ2v) is 5.01. The average Bonchev–Trinajstić information content (AvgIpc) is 2.15. The smallest absolute Gasteiger partial charge is 0.141 e. The van der Waals surface area contributed by atoms with Gasteiger partial charge in [0.25, 0.3) is 0 Å². The molecule has 14 heavy (non-hydrogen) atoms. The van der Waals surface area contributed by atoms with E-state index in [1.807, 2.05) is 0 Å². The maximum atomic E-state index is 11.9. The van der Waals surface area contributed by atoms with Gasteiger partial charge in [0.1, 0.15) is 5.78 Å². The highest BCUT2D eigenvalue weighted by atomic mass is 16.1. The van der Waals surface area contributed by atoms with Crippen molar-refractivity contribution in [2.45, 2.75) is 53.0 Å². The van der Waals surface area contributed by atoms with Crippen LogP contribution in [0.15, 0.2) is 0 Å². The summed E-state index contributed by atoms with van der Waals surface area (Å²) in [6, 6.07) is 0. The minimum absolute atomic E-state index is 0.0388. The fraction of sp³-hybridized carbons (Fsp3) is 0.917. The molecule has 1 saturated heterocycles. The Kier molecular flexibility index (Phi) is 3.05. The van der Waals surface area contributed by atoms with Gasteiger partial charge in [-0.2, -0.15) is 0 Å². The zero-order valence-corrected chi connectivity index (χ0v) is 10.2. The van der Waals surface area contributed by atoms with Gasteiger partial charge in [-0.25, -0.2) is 0 Å². The molecule has 0 aliphatic carbocycles. The van der Waals surface area contributed by atoms with E-state index in [0.29, 0.717) is 5.78 Å². The molecular formula is C12H23NO. The van der Waals surface area contributed by atoms with Crippen molar-refractivity contribution < 1.29 is 4.79 Å². The molecule has 1 fully saturated rings. The van der Waals surface area contributed by atoms with Gasteiger partial charge in [0, 0.05) is 23.9 Å². The molecule has 82 valence electrons. The van der Waals surface area contributed by atoms with Gasteiger partial charge in [0.2, 0.25) is 0 Å². The van der Waals surface area contributed by atoms with E-state index >= 15 is 0 Å². The van der Waals surface area contributed by atoms with Crippen LogP contribution >= 0.6 is 0 Å². The van der Waals surface area contributed by atoms with E-state index in [-0.39, 0.29) is 11.0 Å². The molecule has 2 nitrogen and oxygen atoms in total. The molecule has 1 unspecified atom stereocenters. The quantitative estimate of drug-likeness (QED) is 0.678. The largest absolute Gasteiger partial charge is 0.299 e. The average molecular weight is 197 g/mol. The Morgan fingerprint density at radius 2 is 1.86 bits per heavy atom. The number of nitrogens with zero attached hydrogens (tertiary/aromatic N) is 1. The van der Waals surface area contributed by atoms with Crippen molar-refractivity contribution in [2.75, 3.05) is 13.1 Å². The van der Waals surface area contributed by atoms with Crippen LogP contribution in [0.4, 0.5) is 0 Å². The van der Waals surface area contributed by atoms with Crippen LogP contribution in [0.5, 0.6) is 0 Å². The van der Waals surface area contributed by atoms with Crippen LogP contribution in [0.3, 0.4) is 0 Å². The Morgan fingerprint density at radius 1 is 1.29 bits per heavy atom. The molecule has 0 spiro atoms. The van der Waals surface area contributed by atoms with Gasteiger partial charge in [-0.1, -0.05) is 27.7 Å². The van der Waals surface area contributed by atoms with Crippen molar-refractivity contribution >= 4 is 5.78 Å². The third-order valence-electron chi connectivity index (χ3n) is 4.42.